The average molecular weight is 383 g/mol. The molecule has 2 amide bonds. The Labute approximate surface area is 166 Å². The predicted octanol–water partition coefficient (Wildman–Crippen LogP) is 3.38. The average Bonchev–Trinajstić information content (AvgIpc) is 3.26. The van der Waals surface area contributed by atoms with Crippen LogP contribution in [-0.2, 0) is 4.79 Å². The molecule has 1 aliphatic heterocycles. The Bertz CT molecular complexity index is 751. The number of piperidine rings is 1. The van der Waals surface area contributed by atoms with Crippen molar-refractivity contribution in [1.29, 1.82) is 0 Å². The molecule has 2 heterocycles. The first-order valence-corrected chi connectivity index (χ1v) is 9.95. The second kappa shape index (κ2) is 9.44. The normalized spacial score (nSPS) is 16.0. The van der Waals surface area contributed by atoms with E-state index in [9.17, 15) is 9.59 Å². The zero-order valence-electron chi connectivity index (χ0n) is 16.6. The lowest BCUT2D eigenvalue weighted by Gasteiger charge is -2.32. The quantitative estimate of drug-likeness (QED) is 0.769. The van der Waals surface area contributed by atoms with Crippen LogP contribution >= 0.6 is 0 Å². The second-order valence-electron chi connectivity index (χ2n) is 7.68. The zero-order chi connectivity index (χ0) is 19.9. The fourth-order valence-electron chi connectivity index (χ4n) is 3.47. The maximum absolute atomic E-state index is 12.6. The lowest BCUT2D eigenvalue weighted by atomic mass is 9.95. The number of likely N-dealkylation sites (tertiary alicyclic amines) is 1. The molecule has 1 aromatic carbocycles. The van der Waals surface area contributed by atoms with Crippen molar-refractivity contribution in [3.05, 3.63) is 54.5 Å². The maximum atomic E-state index is 12.6. The summed E-state index contributed by atoms with van der Waals surface area (Å²) >= 11 is 0. The Morgan fingerprint density at radius 1 is 1.14 bits per heavy atom. The monoisotopic (exact) mass is 383 g/mol. The molecular weight excluding hydrogens is 354 g/mol. The van der Waals surface area contributed by atoms with Gasteiger partial charge < -0.3 is 20.0 Å². The van der Waals surface area contributed by atoms with Crippen LogP contribution in [0.1, 0.15) is 37.0 Å². The van der Waals surface area contributed by atoms with E-state index < -0.39 is 0 Å². The van der Waals surface area contributed by atoms with Gasteiger partial charge in [0, 0.05) is 37.3 Å². The van der Waals surface area contributed by atoms with Crippen LogP contribution in [0.5, 0.6) is 0 Å². The number of nitrogens with one attached hydrogen (secondary N) is 2. The number of amides is 2. The van der Waals surface area contributed by atoms with Crippen LogP contribution in [0.2, 0.25) is 0 Å². The van der Waals surface area contributed by atoms with Crippen LogP contribution in [0.3, 0.4) is 0 Å². The highest BCUT2D eigenvalue weighted by molar-refractivity contribution is 5.94. The highest BCUT2D eigenvalue weighted by Gasteiger charge is 2.28. The van der Waals surface area contributed by atoms with Gasteiger partial charge in [0.2, 0.25) is 5.91 Å². The predicted molar refractivity (Wildman–Crippen MR) is 109 cm³/mol. The maximum Gasteiger partial charge on any atom is 0.257 e. The minimum absolute atomic E-state index is 0.0282. The summed E-state index contributed by atoms with van der Waals surface area (Å²) in [6, 6.07) is 11.9. The first kappa shape index (κ1) is 20.0. The van der Waals surface area contributed by atoms with Crippen molar-refractivity contribution in [2.24, 2.45) is 11.8 Å². The van der Waals surface area contributed by atoms with Crippen molar-refractivity contribution < 1.29 is 14.0 Å². The summed E-state index contributed by atoms with van der Waals surface area (Å²) in [5.74, 6) is 0.392. The van der Waals surface area contributed by atoms with Gasteiger partial charge >= 0.3 is 0 Å². The van der Waals surface area contributed by atoms with Gasteiger partial charge in [-0.15, -0.1) is 0 Å². The SMILES string of the molecule is CC(C)C(CNC(=O)C1CCN(C(=O)c2ccoc2)CC1)Nc1ccccc1. The summed E-state index contributed by atoms with van der Waals surface area (Å²) in [6.07, 6.45) is 4.34. The molecular formula is C22H29N3O3. The van der Waals surface area contributed by atoms with Crippen LogP contribution in [0, 0.1) is 11.8 Å². The Morgan fingerprint density at radius 2 is 1.86 bits per heavy atom. The van der Waals surface area contributed by atoms with Crippen LogP contribution in [0.25, 0.3) is 0 Å². The molecule has 1 fully saturated rings. The van der Waals surface area contributed by atoms with Crippen molar-refractivity contribution >= 4 is 17.5 Å². The van der Waals surface area contributed by atoms with Gasteiger partial charge in [0.15, 0.2) is 0 Å². The molecule has 6 nitrogen and oxygen atoms in total. The molecule has 1 aliphatic rings. The van der Waals surface area contributed by atoms with Crippen LogP contribution in [0.4, 0.5) is 5.69 Å². The Balaban J connectivity index is 1.46. The number of anilines is 1. The van der Waals surface area contributed by atoms with Gasteiger partial charge in [-0.2, -0.15) is 0 Å². The molecule has 1 saturated heterocycles. The number of benzene rings is 1. The topological polar surface area (TPSA) is 74.6 Å². The number of rotatable bonds is 7. The lowest BCUT2D eigenvalue weighted by Crippen LogP contribution is -2.46. The van der Waals surface area contributed by atoms with E-state index in [2.05, 4.69) is 24.5 Å². The number of hydrogen-bond donors (Lipinski definition) is 2. The van der Waals surface area contributed by atoms with Gasteiger partial charge in [0.1, 0.15) is 6.26 Å². The van der Waals surface area contributed by atoms with Crippen LogP contribution in [-0.4, -0.2) is 42.4 Å². The molecule has 0 radical (unpaired) electrons. The number of hydrogen-bond acceptors (Lipinski definition) is 4. The molecule has 0 saturated carbocycles. The highest BCUT2D eigenvalue weighted by atomic mass is 16.3. The van der Waals surface area contributed by atoms with E-state index in [-0.39, 0.29) is 23.8 Å². The summed E-state index contributed by atoms with van der Waals surface area (Å²) in [5, 5.41) is 6.60. The minimum atomic E-state index is -0.0436. The zero-order valence-corrected chi connectivity index (χ0v) is 16.6. The molecule has 0 bridgehead atoms. The largest absolute Gasteiger partial charge is 0.472 e. The van der Waals surface area contributed by atoms with Gasteiger partial charge in [-0.1, -0.05) is 32.0 Å². The van der Waals surface area contributed by atoms with Crippen molar-refractivity contribution in [3.63, 3.8) is 0 Å². The fraction of sp³-hybridized carbons (Fsp3) is 0.455. The molecule has 150 valence electrons. The standard InChI is InChI=1S/C22H29N3O3/c1-16(2)20(24-19-6-4-3-5-7-19)14-23-21(26)17-8-11-25(12-9-17)22(27)18-10-13-28-15-18/h3-7,10,13,15-17,20,24H,8-9,11-12,14H2,1-2H3,(H,23,26). The third kappa shape index (κ3) is 5.15. The van der Waals surface area contributed by atoms with Gasteiger partial charge in [-0.25, -0.2) is 0 Å². The lowest BCUT2D eigenvalue weighted by molar-refractivity contribution is -0.126. The van der Waals surface area contributed by atoms with Crippen molar-refractivity contribution in [3.8, 4) is 0 Å². The summed E-state index contributed by atoms with van der Waals surface area (Å²) in [5.41, 5.74) is 1.62. The molecule has 2 N–H and O–H groups in total. The molecule has 2 aromatic rings. The Morgan fingerprint density at radius 3 is 2.46 bits per heavy atom. The molecule has 1 unspecified atom stereocenters. The van der Waals surface area contributed by atoms with E-state index in [1.165, 1.54) is 12.5 Å². The van der Waals surface area contributed by atoms with E-state index in [1.807, 2.05) is 30.3 Å². The molecule has 0 spiro atoms. The number of para-hydroxylation sites is 1. The molecule has 3 rings (SSSR count). The number of nitrogens with zero attached hydrogens (tertiary/aromatic N) is 1. The van der Waals surface area contributed by atoms with Gasteiger partial charge in [0.25, 0.3) is 5.91 Å². The molecule has 6 heteroatoms. The first-order chi connectivity index (χ1) is 13.5. The summed E-state index contributed by atoms with van der Waals surface area (Å²) in [6.45, 7) is 6.06. The molecule has 1 atom stereocenters. The summed E-state index contributed by atoms with van der Waals surface area (Å²) in [7, 11) is 0. The van der Waals surface area contributed by atoms with E-state index in [4.69, 9.17) is 4.42 Å². The minimum Gasteiger partial charge on any atom is -0.472 e. The van der Waals surface area contributed by atoms with E-state index in [0.29, 0.717) is 44.0 Å². The number of carbonyl (C=O) groups excluding carboxylic acids is 2. The van der Waals surface area contributed by atoms with E-state index >= 15 is 0 Å². The second-order valence-corrected chi connectivity index (χ2v) is 7.68. The smallest absolute Gasteiger partial charge is 0.257 e. The third-order valence-electron chi connectivity index (χ3n) is 5.35. The third-order valence-corrected chi connectivity index (χ3v) is 5.35. The Hall–Kier alpha value is -2.76. The van der Waals surface area contributed by atoms with Gasteiger partial charge in [0.05, 0.1) is 11.8 Å². The summed E-state index contributed by atoms with van der Waals surface area (Å²) < 4.78 is 4.98. The van der Waals surface area contributed by atoms with E-state index in [1.54, 1.807) is 11.0 Å². The highest BCUT2D eigenvalue weighted by Crippen LogP contribution is 2.20. The Kier molecular flexibility index (Phi) is 6.74. The number of furan rings is 1. The van der Waals surface area contributed by atoms with Crippen molar-refractivity contribution in [2.45, 2.75) is 32.7 Å². The first-order valence-electron chi connectivity index (χ1n) is 9.95. The van der Waals surface area contributed by atoms with Crippen molar-refractivity contribution in [1.82, 2.24) is 10.2 Å². The van der Waals surface area contributed by atoms with Crippen LogP contribution < -0.4 is 10.6 Å². The fourth-order valence-corrected chi connectivity index (χ4v) is 3.47. The summed E-state index contributed by atoms with van der Waals surface area (Å²) in [4.78, 5) is 26.8. The molecule has 1 aromatic heterocycles. The molecule has 0 aliphatic carbocycles. The van der Waals surface area contributed by atoms with Crippen LogP contribution in [0.15, 0.2) is 53.3 Å². The molecule has 28 heavy (non-hydrogen) atoms. The van der Waals surface area contributed by atoms with Gasteiger partial charge in [-0.3, -0.25) is 9.59 Å². The number of carbonyl (C=O) groups is 2. The van der Waals surface area contributed by atoms with Crippen molar-refractivity contribution in [2.75, 3.05) is 25.0 Å². The van der Waals surface area contributed by atoms with Gasteiger partial charge in [-0.05, 0) is 37.0 Å². The van der Waals surface area contributed by atoms with E-state index in [0.717, 1.165) is 5.69 Å².